The molecule has 21 heavy (non-hydrogen) atoms. The third-order valence-corrected chi connectivity index (χ3v) is 5.95. The summed E-state index contributed by atoms with van der Waals surface area (Å²) < 4.78 is 9.84. The summed E-state index contributed by atoms with van der Waals surface area (Å²) in [4.78, 5) is 11.3. The molecular weight excluding hydrogens is 280 g/mol. The Morgan fingerprint density at radius 1 is 1.14 bits per heavy atom. The minimum absolute atomic E-state index is 0.408. The normalized spacial score (nSPS) is 21.5. The van der Waals surface area contributed by atoms with Crippen LogP contribution in [-0.4, -0.2) is 27.9 Å². The molecule has 0 aromatic heterocycles. The first-order chi connectivity index (χ1) is 9.89. The lowest BCUT2D eigenvalue weighted by Gasteiger charge is -2.35. The molecule has 0 N–H and O–H groups in total. The molecule has 0 radical (unpaired) electrons. The van der Waals surface area contributed by atoms with Crippen molar-refractivity contribution in [1.29, 1.82) is 0 Å². The van der Waals surface area contributed by atoms with E-state index in [1.165, 1.54) is 24.3 Å². The second-order valence-corrected chi connectivity index (χ2v) is 12.8. The highest BCUT2D eigenvalue weighted by atomic mass is 28.3. The molecule has 3 nitrogen and oxygen atoms in total. The first-order valence-corrected chi connectivity index (χ1v) is 11.4. The molecule has 1 aromatic rings. The molecule has 0 amide bonds. The zero-order valence-corrected chi connectivity index (χ0v) is 14.5. The summed E-state index contributed by atoms with van der Waals surface area (Å²) >= 11 is 0. The SMILES string of the molecule is COC(=O)OCC1Cc2ccccc2CC1C[Si](C)(C)C. The van der Waals surface area contributed by atoms with Crippen LogP contribution in [0.4, 0.5) is 4.79 Å². The fourth-order valence-electron chi connectivity index (χ4n) is 3.31. The predicted molar refractivity (Wildman–Crippen MR) is 87.3 cm³/mol. The minimum Gasteiger partial charge on any atom is -0.438 e. The number of rotatable bonds is 4. The van der Waals surface area contributed by atoms with E-state index >= 15 is 0 Å². The van der Waals surface area contributed by atoms with Gasteiger partial charge in [-0.1, -0.05) is 50.0 Å². The Morgan fingerprint density at radius 3 is 2.24 bits per heavy atom. The summed E-state index contributed by atoms with van der Waals surface area (Å²) in [6, 6.07) is 9.93. The Morgan fingerprint density at radius 2 is 1.71 bits per heavy atom. The van der Waals surface area contributed by atoms with Gasteiger partial charge in [-0.2, -0.15) is 0 Å². The summed E-state index contributed by atoms with van der Waals surface area (Å²) in [6.45, 7) is 7.69. The Balaban J connectivity index is 2.12. The molecule has 0 heterocycles. The van der Waals surface area contributed by atoms with Gasteiger partial charge in [0.1, 0.15) is 0 Å². The molecule has 0 bridgehead atoms. The van der Waals surface area contributed by atoms with Gasteiger partial charge in [-0.15, -0.1) is 0 Å². The van der Waals surface area contributed by atoms with Crippen molar-refractivity contribution in [3.05, 3.63) is 35.4 Å². The molecule has 0 fully saturated rings. The second kappa shape index (κ2) is 6.65. The van der Waals surface area contributed by atoms with Crippen LogP contribution in [0, 0.1) is 11.8 Å². The maximum atomic E-state index is 11.3. The van der Waals surface area contributed by atoms with E-state index < -0.39 is 14.2 Å². The van der Waals surface area contributed by atoms with Crippen LogP contribution in [0.3, 0.4) is 0 Å². The lowest BCUT2D eigenvalue weighted by atomic mass is 9.77. The van der Waals surface area contributed by atoms with Gasteiger partial charge >= 0.3 is 6.16 Å². The summed E-state index contributed by atoms with van der Waals surface area (Å²) in [6.07, 6.45) is 1.54. The molecule has 0 saturated heterocycles. The van der Waals surface area contributed by atoms with Crippen LogP contribution >= 0.6 is 0 Å². The smallest absolute Gasteiger partial charge is 0.438 e. The van der Waals surface area contributed by atoms with Crippen LogP contribution in [0.2, 0.25) is 25.7 Å². The monoisotopic (exact) mass is 306 g/mol. The third kappa shape index (κ3) is 4.60. The van der Waals surface area contributed by atoms with Crippen molar-refractivity contribution in [1.82, 2.24) is 0 Å². The fourth-order valence-corrected chi connectivity index (χ4v) is 5.36. The molecule has 1 aliphatic carbocycles. The van der Waals surface area contributed by atoms with Gasteiger partial charge in [-0.05, 0) is 29.9 Å². The van der Waals surface area contributed by atoms with E-state index in [9.17, 15) is 4.79 Å². The molecule has 2 atom stereocenters. The first kappa shape index (κ1) is 16.1. The van der Waals surface area contributed by atoms with Gasteiger partial charge in [-0.3, -0.25) is 0 Å². The number of benzene rings is 1. The van der Waals surface area contributed by atoms with Crippen LogP contribution in [-0.2, 0) is 22.3 Å². The zero-order valence-electron chi connectivity index (χ0n) is 13.5. The quantitative estimate of drug-likeness (QED) is 0.619. The van der Waals surface area contributed by atoms with E-state index in [4.69, 9.17) is 4.74 Å². The van der Waals surface area contributed by atoms with Gasteiger partial charge in [0.2, 0.25) is 0 Å². The maximum Gasteiger partial charge on any atom is 0.507 e. The number of hydrogen-bond donors (Lipinski definition) is 0. The standard InChI is InChI=1S/C17H26O3Si/c1-19-17(18)20-11-15-9-13-7-5-6-8-14(13)10-16(15)12-21(2,3)4/h5-8,15-16H,9-12H2,1-4H3. The van der Waals surface area contributed by atoms with E-state index in [1.54, 1.807) is 0 Å². The molecule has 116 valence electrons. The van der Waals surface area contributed by atoms with Crippen molar-refractivity contribution >= 4 is 14.2 Å². The van der Waals surface area contributed by atoms with Crippen LogP contribution < -0.4 is 0 Å². The van der Waals surface area contributed by atoms with Gasteiger partial charge < -0.3 is 9.47 Å². The van der Waals surface area contributed by atoms with Gasteiger partial charge in [0.25, 0.3) is 0 Å². The van der Waals surface area contributed by atoms with Crippen LogP contribution in [0.25, 0.3) is 0 Å². The number of carbonyl (C=O) groups excluding carboxylic acids is 1. The number of methoxy groups -OCH3 is 1. The van der Waals surface area contributed by atoms with Crippen LogP contribution in [0.1, 0.15) is 11.1 Å². The molecule has 2 rings (SSSR count). The van der Waals surface area contributed by atoms with Crippen molar-refractivity contribution in [2.45, 2.75) is 38.5 Å². The molecule has 0 spiro atoms. The van der Waals surface area contributed by atoms with E-state index in [-0.39, 0.29) is 0 Å². The summed E-state index contributed by atoms with van der Waals surface area (Å²) in [7, 11) is 0.215. The Labute approximate surface area is 128 Å². The lowest BCUT2D eigenvalue weighted by molar-refractivity contribution is 0.0506. The Kier molecular flexibility index (Phi) is 5.09. The highest BCUT2D eigenvalue weighted by Gasteiger charge is 2.32. The predicted octanol–water partition coefficient (Wildman–Crippen LogP) is 4.14. The van der Waals surface area contributed by atoms with E-state index in [1.807, 2.05) is 0 Å². The van der Waals surface area contributed by atoms with Crippen molar-refractivity contribution in [2.24, 2.45) is 11.8 Å². The summed E-state index contributed by atoms with van der Waals surface area (Å²) in [5.41, 5.74) is 2.87. The van der Waals surface area contributed by atoms with Crippen molar-refractivity contribution in [3.63, 3.8) is 0 Å². The topological polar surface area (TPSA) is 35.5 Å². The average Bonchev–Trinajstić information content (AvgIpc) is 2.43. The number of carbonyl (C=O) groups is 1. The molecule has 2 unspecified atom stereocenters. The van der Waals surface area contributed by atoms with Gasteiger partial charge in [0.05, 0.1) is 13.7 Å². The summed E-state index contributed by atoms with van der Waals surface area (Å²) in [5, 5.41) is 0. The molecular formula is C17H26O3Si. The molecule has 1 aliphatic rings. The zero-order chi connectivity index (χ0) is 15.5. The van der Waals surface area contributed by atoms with Gasteiger partial charge in [-0.25, -0.2) is 4.79 Å². The van der Waals surface area contributed by atoms with E-state index in [0.717, 1.165) is 12.8 Å². The average molecular weight is 306 g/mol. The second-order valence-electron chi connectivity index (χ2n) is 7.23. The number of fused-ring (bicyclic) bond motifs is 1. The molecule has 0 saturated carbocycles. The summed E-state index contributed by atoms with van der Waals surface area (Å²) in [5.74, 6) is 1.02. The molecule has 1 aromatic carbocycles. The van der Waals surface area contributed by atoms with E-state index in [0.29, 0.717) is 18.4 Å². The van der Waals surface area contributed by atoms with Crippen molar-refractivity contribution < 1.29 is 14.3 Å². The first-order valence-electron chi connectivity index (χ1n) is 7.66. The highest BCUT2D eigenvalue weighted by molar-refractivity contribution is 6.76. The molecule has 0 aliphatic heterocycles. The lowest BCUT2D eigenvalue weighted by Crippen LogP contribution is -2.35. The highest BCUT2D eigenvalue weighted by Crippen LogP contribution is 2.35. The Bertz CT molecular complexity index is 493. The van der Waals surface area contributed by atoms with E-state index in [2.05, 4.69) is 48.6 Å². The molecule has 4 heteroatoms. The fraction of sp³-hybridized carbons (Fsp3) is 0.588. The Hall–Kier alpha value is -1.29. The van der Waals surface area contributed by atoms with Crippen LogP contribution in [0.5, 0.6) is 0 Å². The maximum absolute atomic E-state index is 11.3. The van der Waals surface area contributed by atoms with Gasteiger partial charge in [0, 0.05) is 14.0 Å². The van der Waals surface area contributed by atoms with Crippen LogP contribution in [0.15, 0.2) is 24.3 Å². The number of ether oxygens (including phenoxy) is 2. The largest absolute Gasteiger partial charge is 0.507 e. The van der Waals surface area contributed by atoms with Gasteiger partial charge in [0.15, 0.2) is 0 Å². The third-order valence-electron chi connectivity index (χ3n) is 4.21. The minimum atomic E-state index is -1.14. The van der Waals surface area contributed by atoms with Crippen molar-refractivity contribution in [3.8, 4) is 0 Å². The number of hydrogen-bond acceptors (Lipinski definition) is 3. The van der Waals surface area contributed by atoms with Crippen molar-refractivity contribution in [2.75, 3.05) is 13.7 Å².